The number of carbonyl (C=O) groups excluding carboxylic acids is 1. The number of nitrogens with one attached hydrogen (secondary N) is 1. The summed E-state index contributed by atoms with van der Waals surface area (Å²) in [5, 5.41) is 2.24. The van der Waals surface area contributed by atoms with Gasteiger partial charge in [0.05, 0.1) is 24.4 Å². The van der Waals surface area contributed by atoms with E-state index in [0.29, 0.717) is 12.8 Å². The van der Waals surface area contributed by atoms with Crippen molar-refractivity contribution in [3.8, 4) is 5.88 Å². The highest BCUT2D eigenvalue weighted by Gasteiger charge is 2.52. The molecule has 9 heteroatoms. The van der Waals surface area contributed by atoms with E-state index in [1.54, 1.807) is 6.07 Å². The van der Waals surface area contributed by atoms with Crippen LogP contribution in [0.4, 0.5) is 18.9 Å². The molecular formula is C19H17F3N4O2. The van der Waals surface area contributed by atoms with Crippen molar-refractivity contribution in [3.05, 3.63) is 65.8 Å². The Bertz CT molecular complexity index is 971. The topological polar surface area (TPSA) is 89.6 Å². The lowest BCUT2D eigenvalue weighted by atomic mass is 9.94. The molecule has 0 radical (unpaired) electrons. The van der Waals surface area contributed by atoms with Gasteiger partial charge >= 0.3 is 0 Å². The van der Waals surface area contributed by atoms with Crippen LogP contribution in [0.1, 0.15) is 18.4 Å². The van der Waals surface area contributed by atoms with Crippen LogP contribution in [0.2, 0.25) is 0 Å². The predicted octanol–water partition coefficient (Wildman–Crippen LogP) is 3.21. The molecule has 1 aliphatic rings. The van der Waals surface area contributed by atoms with Crippen molar-refractivity contribution >= 4 is 17.4 Å². The first kappa shape index (κ1) is 19.4. The number of hydrogen-bond donors (Lipinski definition) is 2. The Morgan fingerprint density at radius 3 is 2.64 bits per heavy atom. The number of pyridine rings is 1. The van der Waals surface area contributed by atoms with E-state index in [-0.39, 0.29) is 17.1 Å². The zero-order valence-corrected chi connectivity index (χ0v) is 14.9. The highest BCUT2D eigenvalue weighted by atomic mass is 19.1. The van der Waals surface area contributed by atoms with Crippen LogP contribution in [-0.2, 0) is 10.2 Å². The van der Waals surface area contributed by atoms with Gasteiger partial charge in [0, 0.05) is 17.7 Å². The van der Waals surface area contributed by atoms with E-state index in [4.69, 9.17) is 5.73 Å². The second kappa shape index (κ2) is 7.71. The van der Waals surface area contributed by atoms with Crippen LogP contribution < -0.4 is 15.8 Å². The third kappa shape index (κ3) is 3.98. The summed E-state index contributed by atoms with van der Waals surface area (Å²) in [4.78, 5) is 19.8. The van der Waals surface area contributed by atoms with E-state index in [2.05, 4.69) is 20.0 Å². The number of nitrogens with two attached hydrogens (primary N) is 1. The monoisotopic (exact) mass is 390 g/mol. The quantitative estimate of drug-likeness (QED) is 0.449. The van der Waals surface area contributed by atoms with Gasteiger partial charge in [0.15, 0.2) is 11.8 Å². The number of amides is 1. The fraction of sp³-hybridized carbons (Fsp3) is 0.211. The van der Waals surface area contributed by atoms with Crippen LogP contribution in [-0.4, -0.2) is 23.8 Å². The van der Waals surface area contributed by atoms with Gasteiger partial charge in [-0.1, -0.05) is 18.2 Å². The van der Waals surface area contributed by atoms with Crippen molar-refractivity contribution < 1.29 is 22.7 Å². The van der Waals surface area contributed by atoms with Gasteiger partial charge in [0.2, 0.25) is 5.88 Å². The minimum Gasteiger partial charge on any atom is -0.479 e. The lowest BCUT2D eigenvalue weighted by molar-refractivity contribution is -0.120. The smallest absolute Gasteiger partial charge is 0.258 e. The summed E-state index contributed by atoms with van der Waals surface area (Å²) in [6, 6.07) is 6.92. The Morgan fingerprint density at radius 1 is 1.32 bits per heavy atom. The Hall–Kier alpha value is -3.36. The SMILES string of the molecule is COc1ncc(N/C(F)=C\C(N)=NC(=O)C2(c3ccccc3F)CC2)cc1F. The number of anilines is 1. The third-order valence-electron chi connectivity index (χ3n) is 4.32. The van der Waals surface area contributed by atoms with Crippen LogP contribution in [0.3, 0.4) is 0 Å². The number of halogens is 3. The van der Waals surface area contributed by atoms with E-state index in [1.807, 2.05) is 0 Å². The number of nitrogens with zero attached hydrogens (tertiary/aromatic N) is 2. The number of benzene rings is 1. The molecule has 1 aromatic heterocycles. The van der Waals surface area contributed by atoms with E-state index >= 15 is 0 Å². The average Bonchev–Trinajstić information content (AvgIpc) is 3.44. The maximum atomic E-state index is 14.0. The molecule has 6 nitrogen and oxygen atoms in total. The first-order valence-electron chi connectivity index (χ1n) is 8.33. The molecule has 1 amide bonds. The normalized spacial score (nSPS) is 15.9. The number of amidine groups is 1. The second-order valence-electron chi connectivity index (χ2n) is 6.24. The lowest BCUT2D eigenvalue weighted by Gasteiger charge is -2.12. The molecule has 0 bridgehead atoms. The zero-order valence-electron chi connectivity index (χ0n) is 14.9. The minimum atomic E-state index is -1.06. The Labute approximate surface area is 158 Å². The van der Waals surface area contributed by atoms with Crippen molar-refractivity contribution in [3.63, 3.8) is 0 Å². The number of aromatic nitrogens is 1. The Kier molecular flexibility index (Phi) is 5.34. The van der Waals surface area contributed by atoms with Gasteiger partial charge in [0.25, 0.3) is 5.91 Å². The summed E-state index contributed by atoms with van der Waals surface area (Å²) >= 11 is 0. The van der Waals surface area contributed by atoms with Gasteiger partial charge in [-0.2, -0.15) is 9.38 Å². The minimum absolute atomic E-state index is 0.0104. The standard InChI is InChI=1S/C19H17F3N4O2/c1-28-17-14(21)8-11(10-24-17)25-15(22)9-16(23)26-18(27)19(6-7-19)12-4-2-3-5-13(12)20/h2-5,8-10,25H,6-7H2,1H3,(H2,23,26,27)/b15-9-. The molecule has 0 saturated heterocycles. The molecule has 28 heavy (non-hydrogen) atoms. The molecule has 1 aromatic carbocycles. The Morgan fingerprint density at radius 2 is 2.04 bits per heavy atom. The van der Waals surface area contributed by atoms with Crippen LogP contribution in [0, 0.1) is 11.6 Å². The number of aliphatic imine (C=N–C) groups is 1. The molecule has 0 spiro atoms. The van der Waals surface area contributed by atoms with Gasteiger partial charge in [-0.05, 0) is 18.9 Å². The molecular weight excluding hydrogens is 373 g/mol. The van der Waals surface area contributed by atoms with E-state index in [9.17, 15) is 18.0 Å². The number of ether oxygens (including phenoxy) is 1. The number of methoxy groups -OCH3 is 1. The first-order chi connectivity index (χ1) is 13.4. The first-order valence-corrected chi connectivity index (χ1v) is 8.33. The molecule has 1 aliphatic carbocycles. The molecule has 1 saturated carbocycles. The molecule has 3 N–H and O–H groups in total. The summed E-state index contributed by atoms with van der Waals surface area (Å²) in [5.41, 5.74) is 4.82. The number of hydrogen-bond acceptors (Lipinski definition) is 4. The lowest BCUT2D eigenvalue weighted by Crippen LogP contribution is -2.23. The van der Waals surface area contributed by atoms with Gasteiger partial charge in [-0.3, -0.25) is 4.79 Å². The summed E-state index contributed by atoms with van der Waals surface area (Å²) < 4.78 is 46.3. The summed E-state index contributed by atoms with van der Waals surface area (Å²) in [7, 11) is 1.25. The molecule has 0 atom stereocenters. The average molecular weight is 390 g/mol. The predicted molar refractivity (Wildman–Crippen MR) is 97.5 cm³/mol. The van der Waals surface area contributed by atoms with Gasteiger partial charge < -0.3 is 15.8 Å². The van der Waals surface area contributed by atoms with Gasteiger partial charge in [-0.25, -0.2) is 13.8 Å². The van der Waals surface area contributed by atoms with Gasteiger partial charge in [0.1, 0.15) is 11.7 Å². The van der Waals surface area contributed by atoms with E-state index in [1.165, 1.54) is 25.3 Å². The van der Waals surface area contributed by atoms with Crippen molar-refractivity contribution in [2.24, 2.45) is 10.7 Å². The fourth-order valence-electron chi connectivity index (χ4n) is 2.78. The molecule has 1 fully saturated rings. The highest BCUT2D eigenvalue weighted by Crippen LogP contribution is 2.50. The number of rotatable bonds is 6. The summed E-state index contributed by atoms with van der Waals surface area (Å²) in [6.07, 6.45) is 2.80. The molecule has 2 aromatic rings. The van der Waals surface area contributed by atoms with Gasteiger partial charge in [-0.15, -0.1) is 0 Å². The zero-order chi connectivity index (χ0) is 20.3. The van der Waals surface area contributed by atoms with Crippen molar-refractivity contribution in [2.75, 3.05) is 12.4 Å². The summed E-state index contributed by atoms with van der Waals surface area (Å²) in [5.74, 6) is -3.53. The van der Waals surface area contributed by atoms with Crippen LogP contribution in [0.5, 0.6) is 5.88 Å². The van der Waals surface area contributed by atoms with Crippen LogP contribution >= 0.6 is 0 Å². The summed E-state index contributed by atoms with van der Waals surface area (Å²) in [6.45, 7) is 0. The molecule has 3 rings (SSSR count). The second-order valence-corrected chi connectivity index (χ2v) is 6.24. The molecule has 0 unspecified atom stereocenters. The largest absolute Gasteiger partial charge is 0.479 e. The van der Waals surface area contributed by atoms with Crippen molar-refractivity contribution in [2.45, 2.75) is 18.3 Å². The van der Waals surface area contributed by atoms with E-state index in [0.717, 1.165) is 18.3 Å². The molecule has 146 valence electrons. The third-order valence-corrected chi connectivity index (χ3v) is 4.32. The molecule has 1 heterocycles. The van der Waals surface area contributed by atoms with Crippen LogP contribution in [0.25, 0.3) is 0 Å². The maximum Gasteiger partial charge on any atom is 0.258 e. The Balaban J connectivity index is 1.73. The van der Waals surface area contributed by atoms with E-state index < -0.39 is 34.7 Å². The fourth-order valence-corrected chi connectivity index (χ4v) is 2.78. The van der Waals surface area contributed by atoms with Crippen molar-refractivity contribution in [1.82, 2.24) is 4.98 Å². The molecule has 0 aliphatic heterocycles. The van der Waals surface area contributed by atoms with Crippen LogP contribution in [0.15, 0.2) is 53.5 Å². The number of carbonyl (C=O) groups is 1. The highest BCUT2D eigenvalue weighted by molar-refractivity contribution is 6.04. The maximum absolute atomic E-state index is 14.0. The van der Waals surface area contributed by atoms with Crippen molar-refractivity contribution in [1.29, 1.82) is 0 Å².